The van der Waals surface area contributed by atoms with Gasteiger partial charge in [-0.2, -0.15) is 0 Å². The van der Waals surface area contributed by atoms with Gasteiger partial charge in [0.1, 0.15) is 0 Å². The van der Waals surface area contributed by atoms with E-state index in [1.54, 1.807) is 4.90 Å². The third-order valence-corrected chi connectivity index (χ3v) is 2.84. The second kappa shape index (κ2) is 7.84. The molecule has 18 heavy (non-hydrogen) atoms. The Hall–Kier alpha value is -1.39. The molecular weight excluding hydrogens is 228 g/mol. The van der Waals surface area contributed by atoms with Crippen molar-refractivity contribution >= 4 is 5.91 Å². The molecule has 0 heterocycles. The zero-order chi connectivity index (χ0) is 13.4. The number of amides is 1. The lowest BCUT2D eigenvalue weighted by Gasteiger charge is -2.19. The molecule has 0 radical (unpaired) electrons. The molecule has 1 aromatic carbocycles. The number of rotatable bonds is 7. The van der Waals surface area contributed by atoms with Gasteiger partial charge in [-0.05, 0) is 18.1 Å². The molecule has 0 aliphatic rings. The van der Waals surface area contributed by atoms with Crippen LogP contribution in [-0.2, 0) is 22.6 Å². The smallest absolute Gasteiger partial charge is 0.224 e. The molecule has 1 amide bonds. The van der Waals surface area contributed by atoms with Gasteiger partial charge in [0.2, 0.25) is 5.91 Å². The van der Waals surface area contributed by atoms with Gasteiger partial charge in [0, 0.05) is 26.7 Å². The summed E-state index contributed by atoms with van der Waals surface area (Å²) in [4.78, 5) is 13.6. The van der Waals surface area contributed by atoms with Gasteiger partial charge in [0.15, 0.2) is 0 Å². The van der Waals surface area contributed by atoms with Gasteiger partial charge in [0.25, 0.3) is 0 Å². The van der Waals surface area contributed by atoms with E-state index < -0.39 is 0 Å². The van der Waals surface area contributed by atoms with Crippen LogP contribution in [0.5, 0.6) is 0 Å². The summed E-state index contributed by atoms with van der Waals surface area (Å²) < 4.78 is 5.18. The summed E-state index contributed by atoms with van der Waals surface area (Å²) in [5.74, 6) is 0.0928. The molecule has 0 spiro atoms. The van der Waals surface area contributed by atoms with Gasteiger partial charge >= 0.3 is 0 Å². The van der Waals surface area contributed by atoms with Crippen LogP contribution in [0.4, 0.5) is 0 Å². The summed E-state index contributed by atoms with van der Waals surface area (Å²) in [6, 6.07) is 7.93. The van der Waals surface area contributed by atoms with Gasteiger partial charge in [-0.15, -0.1) is 0 Å². The highest BCUT2D eigenvalue weighted by molar-refractivity contribution is 5.76. The van der Waals surface area contributed by atoms with Gasteiger partial charge in [-0.25, -0.2) is 0 Å². The van der Waals surface area contributed by atoms with Crippen LogP contribution in [0.2, 0.25) is 0 Å². The Bertz CT molecular complexity index is 380. The third kappa shape index (κ3) is 4.47. The van der Waals surface area contributed by atoms with Crippen molar-refractivity contribution in [3.63, 3.8) is 0 Å². The van der Waals surface area contributed by atoms with E-state index >= 15 is 0 Å². The van der Waals surface area contributed by atoms with Crippen LogP contribution in [0, 0.1) is 0 Å². The SMILES string of the molecule is CCOCCC(=O)N(C)Cc1ccccc1CN. The molecule has 0 fully saturated rings. The summed E-state index contributed by atoms with van der Waals surface area (Å²) in [6.07, 6.45) is 0.426. The van der Waals surface area contributed by atoms with E-state index in [0.29, 0.717) is 32.7 Å². The maximum atomic E-state index is 11.8. The number of carbonyl (C=O) groups is 1. The van der Waals surface area contributed by atoms with E-state index in [4.69, 9.17) is 10.5 Å². The highest BCUT2D eigenvalue weighted by Gasteiger charge is 2.10. The van der Waals surface area contributed by atoms with Crippen molar-refractivity contribution < 1.29 is 9.53 Å². The van der Waals surface area contributed by atoms with Crippen LogP contribution in [0.1, 0.15) is 24.5 Å². The van der Waals surface area contributed by atoms with E-state index in [1.165, 1.54) is 0 Å². The molecule has 0 aliphatic heterocycles. The standard InChI is InChI=1S/C14H22N2O2/c1-3-18-9-8-14(17)16(2)11-13-7-5-4-6-12(13)10-15/h4-7H,3,8-11,15H2,1-2H3. The first-order valence-electron chi connectivity index (χ1n) is 6.27. The Balaban J connectivity index is 2.52. The normalized spacial score (nSPS) is 10.4. The van der Waals surface area contributed by atoms with Crippen LogP contribution < -0.4 is 5.73 Å². The molecule has 0 atom stereocenters. The van der Waals surface area contributed by atoms with Gasteiger partial charge in [0.05, 0.1) is 13.0 Å². The van der Waals surface area contributed by atoms with Crippen molar-refractivity contribution in [3.05, 3.63) is 35.4 Å². The molecule has 1 aromatic rings. The topological polar surface area (TPSA) is 55.6 Å². The molecular formula is C14H22N2O2. The minimum atomic E-state index is 0.0928. The van der Waals surface area contributed by atoms with Crippen LogP contribution in [0.3, 0.4) is 0 Å². The minimum absolute atomic E-state index is 0.0928. The van der Waals surface area contributed by atoms with Crippen molar-refractivity contribution in [2.45, 2.75) is 26.4 Å². The Morgan fingerprint density at radius 1 is 1.33 bits per heavy atom. The molecule has 0 saturated carbocycles. The van der Waals surface area contributed by atoms with Gasteiger partial charge in [-0.3, -0.25) is 4.79 Å². The molecule has 0 saturated heterocycles. The molecule has 2 N–H and O–H groups in total. The predicted octanol–water partition coefficient (Wildman–Crippen LogP) is 1.53. The first-order chi connectivity index (χ1) is 8.69. The molecule has 4 nitrogen and oxygen atoms in total. The fourth-order valence-electron chi connectivity index (χ4n) is 1.75. The van der Waals surface area contributed by atoms with Crippen molar-refractivity contribution in [3.8, 4) is 0 Å². The molecule has 0 bridgehead atoms. The van der Waals surface area contributed by atoms with E-state index in [9.17, 15) is 4.79 Å². The lowest BCUT2D eigenvalue weighted by atomic mass is 10.1. The number of nitrogens with zero attached hydrogens (tertiary/aromatic N) is 1. The highest BCUT2D eigenvalue weighted by atomic mass is 16.5. The molecule has 1 rings (SSSR count). The number of nitrogens with two attached hydrogens (primary N) is 1. The number of ether oxygens (including phenoxy) is 1. The van der Waals surface area contributed by atoms with Crippen molar-refractivity contribution in [2.24, 2.45) is 5.73 Å². The Morgan fingerprint density at radius 3 is 2.61 bits per heavy atom. The van der Waals surface area contributed by atoms with E-state index in [0.717, 1.165) is 11.1 Å². The molecule has 4 heteroatoms. The minimum Gasteiger partial charge on any atom is -0.381 e. The maximum Gasteiger partial charge on any atom is 0.224 e. The lowest BCUT2D eigenvalue weighted by molar-refractivity contribution is -0.131. The van der Waals surface area contributed by atoms with Gasteiger partial charge < -0.3 is 15.4 Å². The number of benzene rings is 1. The summed E-state index contributed by atoms with van der Waals surface area (Å²) in [6.45, 7) is 4.15. The van der Waals surface area contributed by atoms with Crippen LogP contribution in [0.25, 0.3) is 0 Å². The van der Waals surface area contributed by atoms with Crippen molar-refractivity contribution in [1.29, 1.82) is 0 Å². The second-order valence-electron chi connectivity index (χ2n) is 4.17. The monoisotopic (exact) mass is 250 g/mol. The fourth-order valence-corrected chi connectivity index (χ4v) is 1.75. The average molecular weight is 250 g/mol. The highest BCUT2D eigenvalue weighted by Crippen LogP contribution is 2.10. The van der Waals surface area contributed by atoms with Crippen LogP contribution >= 0.6 is 0 Å². The average Bonchev–Trinajstić information content (AvgIpc) is 2.39. The molecule has 0 unspecified atom stereocenters. The first kappa shape index (κ1) is 14.7. The zero-order valence-corrected chi connectivity index (χ0v) is 11.2. The Morgan fingerprint density at radius 2 is 2.00 bits per heavy atom. The predicted molar refractivity (Wildman–Crippen MR) is 71.9 cm³/mol. The summed E-state index contributed by atoms with van der Waals surface area (Å²) >= 11 is 0. The number of hydrogen-bond donors (Lipinski definition) is 1. The lowest BCUT2D eigenvalue weighted by Crippen LogP contribution is -2.27. The largest absolute Gasteiger partial charge is 0.381 e. The number of carbonyl (C=O) groups excluding carboxylic acids is 1. The summed E-state index contributed by atoms with van der Waals surface area (Å²) in [5, 5.41) is 0. The molecule has 0 aromatic heterocycles. The number of hydrogen-bond acceptors (Lipinski definition) is 3. The second-order valence-corrected chi connectivity index (χ2v) is 4.17. The van der Waals surface area contributed by atoms with Crippen LogP contribution in [0.15, 0.2) is 24.3 Å². The van der Waals surface area contributed by atoms with Crippen molar-refractivity contribution in [2.75, 3.05) is 20.3 Å². The van der Waals surface area contributed by atoms with Crippen LogP contribution in [-0.4, -0.2) is 31.1 Å². The Kier molecular flexibility index (Phi) is 6.39. The first-order valence-corrected chi connectivity index (χ1v) is 6.27. The van der Waals surface area contributed by atoms with E-state index in [-0.39, 0.29) is 5.91 Å². The zero-order valence-electron chi connectivity index (χ0n) is 11.2. The molecule has 100 valence electrons. The van der Waals surface area contributed by atoms with E-state index in [2.05, 4.69) is 0 Å². The fraction of sp³-hybridized carbons (Fsp3) is 0.500. The maximum absolute atomic E-state index is 11.8. The summed E-state index contributed by atoms with van der Waals surface area (Å²) in [7, 11) is 1.81. The van der Waals surface area contributed by atoms with E-state index in [1.807, 2.05) is 38.2 Å². The van der Waals surface area contributed by atoms with Gasteiger partial charge in [-0.1, -0.05) is 24.3 Å². The summed E-state index contributed by atoms with van der Waals surface area (Å²) in [5.41, 5.74) is 7.87. The third-order valence-electron chi connectivity index (χ3n) is 2.84. The Labute approximate surface area is 109 Å². The van der Waals surface area contributed by atoms with Crippen molar-refractivity contribution in [1.82, 2.24) is 4.90 Å². The molecule has 0 aliphatic carbocycles. The quantitative estimate of drug-likeness (QED) is 0.747.